The van der Waals surface area contributed by atoms with Crippen LogP contribution in [0.2, 0.25) is 0 Å². The van der Waals surface area contributed by atoms with Gasteiger partial charge in [-0.25, -0.2) is 4.39 Å². The predicted octanol–water partition coefficient (Wildman–Crippen LogP) is 2.68. The number of methoxy groups -OCH3 is 1. The van der Waals surface area contributed by atoms with Crippen LogP contribution in [0.5, 0.6) is 0 Å². The van der Waals surface area contributed by atoms with Crippen LogP contribution < -0.4 is 5.73 Å². The fraction of sp³-hybridized carbons (Fsp3) is 0.455. The third kappa shape index (κ3) is 5.04. The highest BCUT2D eigenvalue weighted by atomic mass is 32.2. The first kappa shape index (κ1) is 12.3. The topological polar surface area (TPSA) is 35.2 Å². The molecule has 0 spiro atoms. The molecule has 1 aromatic rings. The highest BCUT2D eigenvalue weighted by Gasteiger charge is 1.98. The maximum atomic E-state index is 12.9. The van der Waals surface area contributed by atoms with Crippen LogP contribution in [0.25, 0.3) is 0 Å². The van der Waals surface area contributed by atoms with Crippen molar-refractivity contribution >= 4 is 17.4 Å². The minimum absolute atomic E-state index is 0.262. The Hall–Kier alpha value is -0.740. The summed E-state index contributed by atoms with van der Waals surface area (Å²) in [6.07, 6.45) is 1.02. The van der Waals surface area contributed by atoms with Crippen molar-refractivity contribution in [2.75, 3.05) is 25.2 Å². The van der Waals surface area contributed by atoms with E-state index in [4.69, 9.17) is 10.5 Å². The Morgan fingerprint density at radius 3 is 2.87 bits per heavy atom. The smallest absolute Gasteiger partial charge is 0.125 e. The number of nitrogen functional groups attached to an aromatic ring is 1. The van der Waals surface area contributed by atoms with Crippen molar-refractivity contribution in [1.82, 2.24) is 0 Å². The predicted molar refractivity (Wildman–Crippen MR) is 63.5 cm³/mol. The molecule has 0 unspecified atom stereocenters. The van der Waals surface area contributed by atoms with Crippen LogP contribution in [0.15, 0.2) is 18.2 Å². The molecule has 0 aliphatic heterocycles. The number of ether oxygens (including phenoxy) is 1. The quantitative estimate of drug-likeness (QED) is 0.601. The van der Waals surface area contributed by atoms with E-state index in [1.807, 2.05) is 6.07 Å². The van der Waals surface area contributed by atoms with E-state index in [1.165, 1.54) is 12.1 Å². The summed E-state index contributed by atoms with van der Waals surface area (Å²) in [7, 11) is 1.69. The largest absolute Gasteiger partial charge is 0.399 e. The van der Waals surface area contributed by atoms with Gasteiger partial charge in [-0.1, -0.05) is 0 Å². The number of rotatable bonds is 6. The molecule has 2 N–H and O–H groups in total. The van der Waals surface area contributed by atoms with Crippen LogP contribution in [-0.4, -0.2) is 19.5 Å². The molecule has 0 aromatic heterocycles. The Balaban J connectivity index is 2.31. The fourth-order valence-corrected chi connectivity index (χ4v) is 2.12. The molecular formula is C11H16FNOS. The van der Waals surface area contributed by atoms with E-state index in [0.29, 0.717) is 5.69 Å². The zero-order chi connectivity index (χ0) is 11.1. The molecule has 1 rings (SSSR count). The summed E-state index contributed by atoms with van der Waals surface area (Å²) in [6, 6.07) is 4.67. The summed E-state index contributed by atoms with van der Waals surface area (Å²) < 4.78 is 17.9. The van der Waals surface area contributed by atoms with Gasteiger partial charge in [0, 0.05) is 25.2 Å². The molecule has 15 heavy (non-hydrogen) atoms. The Bertz CT molecular complexity index is 286. The molecule has 4 heteroatoms. The van der Waals surface area contributed by atoms with E-state index in [2.05, 4.69) is 0 Å². The van der Waals surface area contributed by atoms with Crippen LogP contribution in [-0.2, 0) is 10.5 Å². The number of halogens is 1. The minimum Gasteiger partial charge on any atom is -0.399 e. The van der Waals surface area contributed by atoms with Crippen molar-refractivity contribution in [3.63, 3.8) is 0 Å². The van der Waals surface area contributed by atoms with Gasteiger partial charge in [-0.05, 0) is 35.9 Å². The van der Waals surface area contributed by atoms with E-state index in [1.54, 1.807) is 18.9 Å². The average Bonchev–Trinajstić information content (AvgIpc) is 2.16. The maximum absolute atomic E-state index is 12.9. The number of thioether (sulfide) groups is 1. The lowest BCUT2D eigenvalue weighted by atomic mass is 10.2. The van der Waals surface area contributed by atoms with Crippen LogP contribution in [0.3, 0.4) is 0 Å². The molecule has 0 aliphatic carbocycles. The highest BCUT2D eigenvalue weighted by molar-refractivity contribution is 7.98. The summed E-state index contributed by atoms with van der Waals surface area (Å²) >= 11 is 1.76. The average molecular weight is 229 g/mol. The summed E-state index contributed by atoms with van der Waals surface area (Å²) in [5.74, 6) is 1.55. The first-order valence-corrected chi connectivity index (χ1v) is 5.99. The molecule has 0 heterocycles. The third-order valence-corrected chi connectivity index (χ3v) is 3.00. The summed E-state index contributed by atoms with van der Waals surface area (Å²) in [5.41, 5.74) is 6.97. The molecular weight excluding hydrogens is 213 g/mol. The lowest BCUT2D eigenvalue weighted by Crippen LogP contribution is -1.93. The van der Waals surface area contributed by atoms with Gasteiger partial charge in [-0.3, -0.25) is 0 Å². The molecule has 2 nitrogen and oxygen atoms in total. The highest BCUT2D eigenvalue weighted by Crippen LogP contribution is 2.17. The molecule has 0 radical (unpaired) electrons. The second-order valence-corrected chi connectivity index (χ2v) is 4.40. The van der Waals surface area contributed by atoms with Gasteiger partial charge in [0.15, 0.2) is 0 Å². The van der Waals surface area contributed by atoms with E-state index >= 15 is 0 Å². The number of benzene rings is 1. The molecule has 0 saturated heterocycles. The molecule has 0 bridgehead atoms. The van der Waals surface area contributed by atoms with Crippen molar-refractivity contribution in [2.24, 2.45) is 0 Å². The minimum atomic E-state index is -0.262. The standard InChI is InChI=1S/C11H16FNOS/c1-14-3-2-4-15-8-9-5-10(12)7-11(13)6-9/h5-7H,2-4,8,13H2,1H3. The number of hydrogen-bond acceptors (Lipinski definition) is 3. The van der Waals surface area contributed by atoms with Gasteiger partial charge >= 0.3 is 0 Å². The van der Waals surface area contributed by atoms with Crippen LogP contribution >= 0.6 is 11.8 Å². The Labute approximate surface area is 94.0 Å². The van der Waals surface area contributed by atoms with Gasteiger partial charge in [-0.2, -0.15) is 11.8 Å². The summed E-state index contributed by atoms with van der Waals surface area (Å²) in [4.78, 5) is 0. The third-order valence-electron chi connectivity index (χ3n) is 1.89. The first-order valence-electron chi connectivity index (χ1n) is 4.84. The van der Waals surface area contributed by atoms with Gasteiger partial charge in [0.2, 0.25) is 0 Å². The van der Waals surface area contributed by atoms with Crippen LogP contribution in [0.4, 0.5) is 10.1 Å². The number of hydrogen-bond donors (Lipinski definition) is 1. The van der Waals surface area contributed by atoms with Gasteiger partial charge in [0.05, 0.1) is 0 Å². The Morgan fingerprint density at radius 1 is 1.40 bits per heavy atom. The van der Waals surface area contributed by atoms with E-state index in [-0.39, 0.29) is 5.82 Å². The summed E-state index contributed by atoms with van der Waals surface area (Å²) in [5, 5.41) is 0. The molecule has 0 amide bonds. The second-order valence-electron chi connectivity index (χ2n) is 3.29. The zero-order valence-corrected chi connectivity index (χ0v) is 9.65. The van der Waals surface area contributed by atoms with Gasteiger partial charge in [0.25, 0.3) is 0 Å². The van der Waals surface area contributed by atoms with Crippen molar-refractivity contribution < 1.29 is 9.13 Å². The van der Waals surface area contributed by atoms with E-state index in [0.717, 1.165) is 30.1 Å². The fourth-order valence-electron chi connectivity index (χ4n) is 1.25. The second kappa shape index (κ2) is 6.69. The Kier molecular flexibility index (Phi) is 5.50. The monoisotopic (exact) mass is 229 g/mol. The molecule has 0 atom stereocenters. The SMILES string of the molecule is COCCCSCc1cc(N)cc(F)c1. The molecule has 0 saturated carbocycles. The summed E-state index contributed by atoms with van der Waals surface area (Å²) in [6.45, 7) is 0.776. The molecule has 84 valence electrons. The zero-order valence-electron chi connectivity index (χ0n) is 8.83. The number of nitrogens with two attached hydrogens (primary N) is 1. The normalized spacial score (nSPS) is 10.5. The van der Waals surface area contributed by atoms with Gasteiger partial charge in [0.1, 0.15) is 5.82 Å². The van der Waals surface area contributed by atoms with Gasteiger partial charge < -0.3 is 10.5 Å². The van der Waals surface area contributed by atoms with Crippen LogP contribution in [0.1, 0.15) is 12.0 Å². The lowest BCUT2D eigenvalue weighted by molar-refractivity contribution is 0.200. The number of anilines is 1. The molecule has 0 fully saturated rings. The van der Waals surface area contributed by atoms with E-state index in [9.17, 15) is 4.39 Å². The first-order chi connectivity index (χ1) is 7.22. The lowest BCUT2D eigenvalue weighted by Gasteiger charge is -2.03. The van der Waals surface area contributed by atoms with Crippen molar-refractivity contribution in [3.05, 3.63) is 29.6 Å². The molecule has 0 aliphatic rings. The van der Waals surface area contributed by atoms with Gasteiger partial charge in [-0.15, -0.1) is 0 Å². The maximum Gasteiger partial charge on any atom is 0.125 e. The van der Waals surface area contributed by atoms with Crippen molar-refractivity contribution in [1.29, 1.82) is 0 Å². The van der Waals surface area contributed by atoms with Crippen LogP contribution in [0, 0.1) is 5.82 Å². The van der Waals surface area contributed by atoms with Crippen molar-refractivity contribution in [3.8, 4) is 0 Å². The Morgan fingerprint density at radius 2 is 2.20 bits per heavy atom. The molecule has 1 aromatic carbocycles. The van der Waals surface area contributed by atoms with E-state index < -0.39 is 0 Å². The van der Waals surface area contributed by atoms with Crippen molar-refractivity contribution in [2.45, 2.75) is 12.2 Å².